The van der Waals surface area contributed by atoms with E-state index >= 15 is 0 Å². The fourth-order valence-electron chi connectivity index (χ4n) is 0.715. The summed E-state index contributed by atoms with van der Waals surface area (Å²) in [4.78, 5) is 0. The van der Waals surface area contributed by atoms with Gasteiger partial charge >= 0.3 is 0 Å². The minimum absolute atomic E-state index is 0.983. The van der Waals surface area contributed by atoms with Crippen LogP contribution in [0.4, 0.5) is 0 Å². The smallest absolute Gasteiger partial charge is 0.0212 e. The first-order valence-corrected chi connectivity index (χ1v) is 6.48. The van der Waals surface area contributed by atoms with Crippen LogP contribution in [0.5, 0.6) is 0 Å². The second kappa shape index (κ2) is 10.7. The molecule has 0 heterocycles. The summed E-state index contributed by atoms with van der Waals surface area (Å²) in [6, 6.07) is 0. The Morgan fingerprint density at radius 2 is 1.64 bits per heavy atom. The summed E-state index contributed by atoms with van der Waals surface area (Å²) >= 11 is 5.70. The van der Waals surface area contributed by atoms with Crippen molar-refractivity contribution in [1.82, 2.24) is 0 Å². The largest absolute Gasteiger partial charge is 0.0883 e. The van der Waals surface area contributed by atoms with Crippen molar-refractivity contribution in [3.8, 4) is 0 Å². The van der Waals surface area contributed by atoms with Crippen molar-refractivity contribution < 1.29 is 0 Å². The normalized spacial score (nSPS) is 11.8. The first-order chi connectivity index (χ1) is 5.41. The van der Waals surface area contributed by atoms with E-state index in [-0.39, 0.29) is 0 Å². The highest BCUT2D eigenvalue weighted by Gasteiger charge is 1.79. The third-order valence-corrected chi connectivity index (χ3v) is 2.14. The van der Waals surface area contributed by atoms with Gasteiger partial charge in [-0.15, -0.1) is 0 Å². The molecule has 0 unspecified atom stereocenters. The SMILES string of the molecule is BrC/C=C/CCC/C=C/CI. The zero-order chi connectivity index (χ0) is 8.36. The van der Waals surface area contributed by atoms with Crippen molar-refractivity contribution in [3.05, 3.63) is 24.3 Å². The van der Waals surface area contributed by atoms with Crippen LogP contribution < -0.4 is 0 Å². The van der Waals surface area contributed by atoms with Crippen LogP contribution in [0.3, 0.4) is 0 Å². The molecule has 0 rings (SSSR count). The number of rotatable bonds is 6. The number of hydrogen-bond acceptors (Lipinski definition) is 0. The van der Waals surface area contributed by atoms with E-state index in [9.17, 15) is 0 Å². The van der Waals surface area contributed by atoms with Crippen molar-refractivity contribution in [2.24, 2.45) is 0 Å². The Balaban J connectivity index is 3.02. The second-order valence-electron chi connectivity index (χ2n) is 2.18. The van der Waals surface area contributed by atoms with Gasteiger partial charge < -0.3 is 0 Å². The molecule has 0 aliphatic rings. The summed E-state index contributed by atoms with van der Waals surface area (Å²) in [7, 11) is 0. The maximum absolute atomic E-state index is 3.34. The van der Waals surface area contributed by atoms with Crippen LogP contribution in [-0.4, -0.2) is 9.76 Å². The highest BCUT2D eigenvalue weighted by Crippen LogP contribution is 1.98. The molecular weight excluding hydrogens is 315 g/mol. The molecule has 0 saturated carbocycles. The number of unbranched alkanes of at least 4 members (excludes halogenated alkanes) is 2. The third-order valence-electron chi connectivity index (χ3n) is 1.25. The third kappa shape index (κ3) is 10.7. The van der Waals surface area contributed by atoms with E-state index in [1.165, 1.54) is 19.3 Å². The molecular formula is C9H14BrI. The fraction of sp³-hybridized carbons (Fsp3) is 0.556. The highest BCUT2D eigenvalue weighted by molar-refractivity contribution is 14.1. The van der Waals surface area contributed by atoms with Crippen LogP contribution >= 0.6 is 38.5 Å². The Morgan fingerprint density at radius 3 is 2.18 bits per heavy atom. The lowest BCUT2D eigenvalue weighted by Gasteiger charge is -1.88. The number of hydrogen-bond donors (Lipinski definition) is 0. The Hall–Kier alpha value is 0.690. The summed E-state index contributed by atoms with van der Waals surface area (Å²) in [5, 5.41) is 0.983. The summed E-state index contributed by atoms with van der Waals surface area (Å²) in [6.45, 7) is 0. The second-order valence-corrected chi connectivity index (χ2v) is 3.71. The monoisotopic (exact) mass is 328 g/mol. The molecule has 0 nitrogen and oxygen atoms in total. The van der Waals surface area contributed by atoms with Crippen molar-refractivity contribution >= 4 is 38.5 Å². The van der Waals surface area contributed by atoms with Gasteiger partial charge in [0.05, 0.1) is 0 Å². The summed E-state index contributed by atoms with van der Waals surface area (Å²) < 4.78 is 1.13. The minimum Gasteiger partial charge on any atom is -0.0883 e. The summed E-state index contributed by atoms with van der Waals surface area (Å²) in [5.74, 6) is 0. The van der Waals surface area contributed by atoms with Crippen LogP contribution in [0.25, 0.3) is 0 Å². The van der Waals surface area contributed by atoms with Gasteiger partial charge in [-0.1, -0.05) is 62.8 Å². The number of halogens is 2. The van der Waals surface area contributed by atoms with Gasteiger partial charge in [-0.3, -0.25) is 0 Å². The van der Waals surface area contributed by atoms with Crippen molar-refractivity contribution in [3.63, 3.8) is 0 Å². The maximum atomic E-state index is 3.34. The molecule has 0 fully saturated rings. The molecule has 0 spiro atoms. The first-order valence-electron chi connectivity index (χ1n) is 3.83. The highest BCUT2D eigenvalue weighted by atomic mass is 127. The molecule has 0 bridgehead atoms. The molecule has 0 aromatic carbocycles. The van der Waals surface area contributed by atoms with Crippen molar-refractivity contribution in [1.29, 1.82) is 0 Å². The molecule has 64 valence electrons. The van der Waals surface area contributed by atoms with Gasteiger partial charge in [0.2, 0.25) is 0 Å². The molecule has 0 aromatic heterocycles. The lowest BCUT2D eigenvalue weighted by atomic mass is 10.2. The van der Waals surface area contributed by atoms with Gasteiger partial charge in [-0.05, 0) is 19.3 Å². The fourth-order valence-corrected chi connectivity index (χ4v) is 1.34. The minimum atomic E-state index is 0.983. The molecule has 0 radical (unpaired) electrons. The lowest BCUT2D eigenvalue weighted by Crippen LogP contribution is -1.70. The van der Waals surface area contributed by atoms with Crippen molar-refractivity contribution in [2.75, 3.05) is 9.76 Å². The molecule has 0 aliphatic heterocycles. The van der Waals surface area contributed by atoms with Crippen LogP contribution in [0.1, 0.15) is 19.3 Å². The predicted octanol–water partition coefficient (Wildman–Crippen LogP) is 4.10. The Kier molecular flexibility index (Phi) is 11.4. The Bertz CT molecular complexity index is 105. The predicted molar refractivity (Wildman–Crippen MR) is 64.8 cm³/mol. The van der Waals surface area contributed by atoms with E-state index in [1.54, 1.807) is 0 Å². The summed E-state index contributed by atoms with van der Waals surface area (Å²) in [6.07, 6.45) is 12.6. The van der Waals surface area contributed by atoms with Crippen LogP contribution in [-0.2, 0) is 0 Å². The average Bonchev–Trinajstić information content (AvgIpc) is 2.03. The molecule has 0 aromatic rings. The zero-order valence-electron chi connectivity index (χ0n) is 6.60. The molecule has 0 saturated heterocycles. The van der Waals surface area contributed by atoms with Gasteiger partial charge in [0.25, 0.3) is 0 Å². The topological polar surface area (TPSA) is 0 Å². The molecule has 0 atom stereocenters. The standard InChI is InChI=1S/C9H14BrI/c10-8-6-4-2-1-3-5-7-9-11/h4-7H,1-3,8-9H2/b6-4+,7-5+. The van der Waals surface area contributed by atoms with Gasteiger partial charge in [-0.25, -0.2) is 0 Å². The number of alkyl halides is 2. The van der Waals surface area contributed by atoms with Gasteiger partial charge in [0, 0.05) is 9.76 Å². The van der Waals surface area contributed by atoms with E-state index < -0.39 is 0 Å². The molecule has 11 heavy (non-hydrogen) atoms. The molecule has 0 aliphatic carbocycles. The van der Waals surface area contributed by atoms with E-state index in [2.05, 4.69) is 62.8 Å². The van der Waals surface area contributed by atoms with Crippen LogP contribution in [0.15, 0.2) is 24.3 Å². The average molecular weight is 329 g/mol. The maximum Gasteiger partial charge on any atom is 0.0212 e. The molecule has 2 heteroatoms. The zero-order valence-corrected chi connectivity index (χ0v) is 10.3. The van der Waals surface area contributed by atoms with Crippen LogP contribution in [0, 0.1) is 0 Å². The quantitative estimate of drug-likeness (QED) is 0.298. The van der Waals surface area contributed by atoms with Crippen molar-refractivity contribution in [2.45, 2.75) is 19.3 Å². The van der Waals surface area contributed by atoms with Crippen LogP contribution in [0.2, 0.25) is 0 Å². The molecule has 0 N–H and O–H groups in total. The Labute approximate surface area is 91.4 Å². The van der Waals surface area contributed by atoms with Gasteiger partial charge in [0.15, 0.2) is 0 Å². The lowest BCUT2D eigenvalue weighted by molar-refractivity contribution is 0.867. The van der Waals surface area contributed by atoms with E-state index in [0.717, 1.165) is 9.76 Å². The summed E-state index contributed by atoms with van der Waals surface area (Å²) in [5.41, 5.74) is 0. The van der Waals surface area contributed by atoms with Gasteiger partial charge in [-0.2, -0.15) is 0 Å². The van der Waals surface area contributed by atoms with E-state index in [0.29, 0.717) is 0 Å². The Morgan fingerprint density at radius 1 is 1.00 bits per heavy atom. The molecule has 0 amide bonds. The number of allylic oxidation sites excluding steroid dienone is 4. The van der Waals surface area contributed by atoms with E-state index in [4.69, 9.17) is 0 Å². The van der Waals surface area contributed by atoms with Gasteiger partial charge in [0.1, 0.15) is 0 Å². The van der Waals surface area contributed by atoms with E-state index in [1.807, 2.05) is 0 Å². The first kappa shape index (κ1) is 11.7.